The van der Waals surface area contributed by atoms with E-state index >= 15 is 0 Å². The van der Waals surface area contributed by atoms with Crippen LogP contribution in [0.5, 0.6) is 17.2 Å². The van der Waals surface area contributed by atoms with Crippen molar-refractivity contribution >= 4 is 28.6 Å². The lowest BCUT2D eigenvalue weighted by Crippen LogP contribution is -2.34. The van der Waals surface area contributed by atoms with E-state index in [0.29, 0.717) is 28.3 Å². The number of fused-ring (bicyclic) bond motifs is 1. The summed E-state index contributed by atoms with van der Waals surface area (Å²) in [6.45, 7) is 3.94. The highest BCUT2D eigenvalue weighted by atomic mass is 16.6. The number of ether oxygens (including phenoxy) is 1. The summed E-state index contributed by atoms with van der Waals surface area (Å²) >= 11 is 0. The number of carbonyl (C=O) groups excluding carboxylic acids is 1. The second kappa shape index (κ2) is 11.4. The monoisotopic (exact) mass is 533 g/mol. The highest BCUT2D eigenvalue weighted by Gasteiger charge is 2.31. The van der Waals surface area contributed by atoms with Crippen LogP contribution in [0.3, 0.4) is 0 Å². The number of aromatic nitrogens is 2. The zero-order chi connectivity index (χ0) is 28.3. The maximum absolute atomic E-state index is 13.8. The first-order chi connectivity index (χ1) is 18.7. The van der Waals surface area contributed by atoms with Gasteiger partial charge in [-0.15, -0.1) is 0 Å². The second-order valence-corrected chi connectivity index (χ2v) is 9.13. The van der Waals surface area contributed by atoms with Gasteiger partial charge >= 0.3 is 5.97 Å². The van der Waals surface area contributed by atoms with E-state index in [1.807, 2.05) is 35.2 Å². The van der Waals surface area contributed by atoms with Gasteiger partial charge in [0.2, 0.25) is 5.82 Å². The van der Waals surface area contributed by atoms with Crippen molar-refractivity contribution in [1.29, 1.82) is 0 Å². The Labute approximate surface area is 226 Å². The Morgan fingerprint density at radius 2 is 1.74 bits per heavy atom. The fourth-order valence-corrected chi connectivity index (χ4v) is 4.60. The van der Waals surface area contributed by atoms with Crippen LogP contribution in [0.4, 0.5) is 5.82 Å². The second-order valence-electron chi connectivity index (χ2n) is 9.13. The highest BCUT2D eigenvalue weighted by Crippen LogP contribution is 2.34. The maximum Gasteiger partial charge on any atom is 0.344 e. The number of hydrogen-bond donors (Lipinski definition) is 4. The molecule has 2 aromatic heterocycles. The van der Waals surface area contributed by atoms with Crippen LogP contribution >= 0.6 is 0 Å². The lowest BCUT2D eigenvalue weighted by Gasteiger charge is -2.14. The van der Waals surface area contributed by atoms with Crippen molar-refractivity contribution in [2.45, 2.75) is 32.9 Å². The first kappa shape index (κ1) is 27.5. The van der Waals surface area contributed by atoms with Gasteiger partial charge in [-0.3, -0.25) is 4.79 Å². The van der Waals surface area contributed by atoms with E-state index < -0.39 is 12.1 Å². The van der Waals surface area contributed by atoms with Crippen molar-refractivity contribution in [2.75, 3.05) is 19.4 Å². The van der Waals surface area contributed by atoms with E-state index in [2.05, 4.69) is 10.8 Å². The van der Waals surface area contributed by atoms with E-state index in [1.165, 1.54) is 6.07 Å². The molecular weight excluding hydrogens is 500 g/mol. The molecule has 0 saturated carbocycles. The molecule has 2 heterocycles. The number of aromatic hydroxyl groups is 1. The molecule has 10 nitrogen and oxygen atoms in total. The van der Waals surface area contributed by atoms with Crippen molar-refractivity contribution < 1.29 is 33.9 Å². The summed E-state index contributed by atoms with van der Waals surface area (Å²) in [6, 6.07) is 15.5. The van der Waals surface area contributed by atoms with Gasteiger partial charge < -0.3 is 25.1 Å². The molecule has 4 aromatic rings. The molecule has 0 aliphatic heterocycles. The summed E-state index contributed by atoms with van der Waals surface area (Å²) < 4.78 is 9.49. The van der Waals surface area contributed by atoms with Crippen molar-refractivity contribution in [3.63, 3.8) is 0 Å². The van der Waals surface area contributed by atoms with Crippen LogP contribution in [0.1, 0.15) is 40.5 Å². The van der Waals surface area contributed by atoms with E-state index in [1.54, 1.807) is 57.4 Å². The summed E-state index contributed by atoms with van der Waals surface area (Å²) in [5.74, 6) is 0.185. The van der Waals surface area contributed by atoms with Crippen LogP contribution in [0, 0.1) is 6.92 Å². The molecule has 0 amide bonds. The number of pyridine rings is 1. The highest BCUT2D eigenvalue weighted by molar-refractivity contribution is 6.19. The molecular formula is C29H33N4O6+. The number of hydrogen-bond acceptors (Lipinski definition) is 7. The molecule has 204 valence electrons. The number of nitrogens with zero attached hydrogens (tertiary/aromatic N) is 2. The Morgan fingerprint density at radius 1 is 1.05 bits per heavy atom. The van der Waals surface area contributed by atoms with Gasteiger partial charge in [0.15, 0.2) is 11.9 Å². The summed E-state index contributed by atoms with van der Waals surface area (Å²) in [7, 11) is 5.34. The van der Waals surface area contributed by atoms with Crippen molar-refractivity contribution in [1.82, 2.24) is 10.0 Å². The van der Waals surface area contributed by atoms with Crippen LogP contribution in [0.2, 0.25) is 0 Å². The van der Waals surface area contributed by atoms with Gasteiger partial charge in [0.05, 0.1) is 12.4 Å². The molecule has 1 unspecified atom stereocenters. The van der Waals surface area contributed by atoms with Gasteiger partial charge in [-0.25, -0.2) is 13.9 Å². The summed E-state index contributed by atoms with van der Waals surface area (Å²) in [4.78, 5) is 30.5. The zero-order valence-corrected chi connectivity index (χ0v) is 22.6. The molecule has 10 heteroatoms. The minimum Gasteiger partial charge on any atom is -0.507 e. The van der Waals surface area contributed by atoms with E-state index in [4.69, 9.17) is 9.57 Å². The molecule has 0 aliphatic carbocycles. The molecule has 1 atom stereocenters. The summed E-state index contributed by atoms with van der Waals surface area (Å²) in [5.41, 5.74) is 6.00. The third-order valence-corrected chi connectivity index (χ3v) is 6.72. The number of carboxylic acids is 1. The molecule has 2 aromatic carbocycles. The minimum atomic E-state index is -1.07. The smallest absolute Gasteiger partial charge is 0.344 e. The SMILES string of the molecule is CCC(Oc1ccc(Cn2c(NC)c(C(=O)c3ccc(ONC)cc3)c3ccc(C)[n+](C)c32)c(O)c1)C(=O)O. The normalized spacial score (nSPS) is 11.8. The number of phenolic OH excluding ortho intramolecular Hbond substituents is 1. The van der Waals surface area contributed by atoms with Crippen molar-refractivity contribution in [3.8, 4) is 17.2 Å². The Balaban J connectivity index is 1.80. The van der Waals surface area contributed by atoms with Gasteiger partial charge in [-0.1, -0.05) is 6.92 Å². The fourth-order valence-electron chi connectivity index (χ4n) is 4.60. The number of carbonyl (C=O) groups is 2. The van der Waals surface area contributed by atoms with Crippen molar-refractivity contribution in [3.05, 3.63) is 77.0 Å². The predicted octanol–water partition coefficient (Wildman–Crippen LogP) is 3.56. The number of ketones is 1. The summed E-state index contributed by atoms with van der Waals surface area (Å²) in [5, 5.41) is 24.1. The van der Waals surface area contributed by atoms with Gasteiger partial charge in [0.25, 0.3) is 5.65 Å². The van der Waals surface area contributed by atoms with Gasteiger partial charge in [-0.05, 0) is 61.9 Å². The quantitative estimate of drug-likeness (QED) is 0.131. The van der Waals surface area contributed by atoms with Gasteiger partial charge in [0, 0.05) is 31.3 Å². The molecule has 39 heavy (non-hydrogen) atoms. The topological polar surface area (TPSA) is 126 Å². The molecule has 0 radical (unpaired) electrons. The predicted molar refractivity (Wildman–Crippen MR) is 147 cm³/mol. The average Bonchev–Trinajstić information content (AvgIpc) is 3.24. The van der Waals surface area contributed by atoms with E-state index in [0.717, 1.165) is 16.7 Å². The number of carboxylic acid groups (broad SMARTS) is 1. The molecule has 0 bridgehead atoms. The number of phenols is 1. The van der Waals surface area contributed by atoms with Gasteiger partial charge in [-0.2, -0.15) is 5.48 Å². The number of hydroxylamine groups is 1. The fraction of sp³-hybridized carbons (Fsp3) is 0.276. The maximum atomic E-state index is 13.8. The largest absolute Gasteiger partial charge is 0.507 e. The van der Waals surface area contributed by atoms with E-state index in [-0.39, 0.29) is 30.2 Å². The number of rotatable bonds is 11. The van der Waals surface area contributed by atoms with Crippen LogP contribution in [-0.4, -0.2) is 46.7 Å². The average molecular weight is 534 g/mol. The Hall–Kier alpha value is -4.57. The molecule has 4 N–H and O–H groups in total. The third-order valence-electron chi connectivity index (χ3n) is 6.72. The lowest BCUT2D eigenvalue weighted by molar-refractivity contribution is -0.654. The number of aliphatic carboxylic acids is 1. The van der Waals surface area contributed by atoms with Crippen LogP contribution in [-0.2, 0) is 18.4 Å². The molecule has 0 saturated heterocycles. The number of anilines is 1. The molecule has 0 aliphatic rings. The third kappa shape index (κ3) is 5.37. The zero-order valence-electron chi connectivity index (χ0n) is 22.6. The number of benzene rings is 2. The Bertz CT molecular complexity index is 1530. The standard InChI is InChI=1S/C29H32N4O6/c1-6-24(29(36)37)38-21-13-10-19(23(34)15-21)16-33-27(30-3)25(22-14-7-17(2)32(5)28(22)33)26(35)18-8-11-20(12-9-18)39-31-4/h7-15,24,31H,6,16H2,1-5H3,(H2-,30,34,35,36,37)/p+1. The van der Waals surface area contributed by atoms with Crippen LogP contribution in [0.25, 0.3) is 11.0 Å². The Morgan fingerprint density at radius 3 is 2.33 bits per heavy atom. The first-order valence-corrected chi connectivity index (χ1v) is 12.6. The minimum absolute atomic E-state index is 0.0417. The van der Waals surface area contributed by atoms with E-state index in [9.17, 15) is 19.8 Å². The molecule has 0 fully saturated rings. The Kier molecular flexibility index (Phi) is 8.06. The summed E-state index contributed by atoms with van der Waals surface area (Å²) in [6.07, 6.45) is -0.717. The number of nitrogens with one attached hydrogen (secondary N) is 2. The number of aryl methyl sites for hydroxylation is 2. The van der Waals surface area contributed by atoms with Crippen LogP contribution in [0.15, 0.2) is 54.6 Å². The van der Waals surface area contributed by atoms with Crippen LogP contribution < -0.4 is 24.9 Å². The van der Waals surface area contributed by atoms with Crippen molar-refractivity contribution in [2.24, 2.45) is 7.05 Å². The first-order valence-electron chi connectivity index (χ1n) is 12.6. The molecule has 4 rings (SSSR count). The lowest BCUT2D eigenvalue weighted by atomic mass is 10.0. The van der Waals surface area contributed by atoms with Gasteiger partial charge in [0.1, 0.15) is 35.1 Å². The molecule has 0 spiro atoms.